The molecule has 0 aliphatic carbocycles. The van der Waals surface area contributed by atoms with Crippen molar-refractivity contribution in [1.29, 1.82) is 0 Å². The first-order chi connectivity index (χ1) is 12.6. The normalized spacial score (nSPS) is 19.8. The van der Waals surface area contributed by atoms with E-state index in [0.717, 1.165) is 5.75 Å². The standard InChI is InChI=1S/C20H22N2O4/c1-22-13-15(12-18(22)20(24)25-2)21-19(23)14-8-10-17(11-9-14)26-16-6-4-3-5-7-16/h3-11,15,18H,12-13H2,1-2H3,(H,21,23)/t15-,18-/m0/s1. The molecule has 136 valence electrons. The summed E-state index contributed by atoms with van der Waals surface area (Å²) in [5.41, 5.74) is 0.551. The van der Waals surface area contributed by atoms with Gasteiger partial charge in [0.1, 0.15) is 17.5 Å². The molecule has 1 heterocycles. The second kappa shape index (κ2) is 8.01. The smallest absolute Gasteiger partial charge is 0.323 e. The van der Waals surface area contributed by atoms with Crippen LogP contribution in [0.1, 0.15) is 16.8 Å². The summed E-state index contributed by atoms with van der Waals surface area (Å²) in [7, 11) is 3.23. The molecule has 0 bridgehead atoms. The molecule has 1 fully saturated rings. The zero-order chi connectivity index (χ0) is 18.5. The van der Waals surface area contributed by atoms with Gasteiger partial charge in [0.15, 0.2) is 0 Å². The van der Waals surface area contributed by atoms with Gasteiger partial charge in [-0.15, -0.1) is 0 Å². The minimum absolute atomic E-state index is 0.0863. The highest BCUT2D eigenvalue weighted by Crippen LogP contribution is 2.22. The van der Waals surface area contributed by atoms with Crippen molar-refractivity contribution in [3.63, 3.8) is 0 Å². The lowest BCUT2D eigenvalue weighted by Gasteiger charge is -2.15. The number of likely N-dealkylation sites (tertiary alicyclic amines) is 1. The highest BCUT2D eigenvalue weighted by molar-refractivity contribution is 5.94. The number of hydrogen-bond donors (Lipinski definition) is 1. The van der Waals surface area contributed by atoms with E-state index in [4.69, 9.17) is 9.47 Å². The molecule has 0 aromatic heterocycles. The molecule has 0 spiro atoms. The number of nitrogens with zero attached hydrogens (tertiary/aromatic N) is 1. The topological polar surface area (TPSA) is 67.9 Å². The van der Waals surface area contributed by atoms with Crippen LogP contribution in [0.25, 0.3) is 0 Å². The monoisotopic (exact) mass is 354 g/mol. The van der Waals surface area contributed by atoms with Gasteiger partial charge in [-0.3, -0.25) is 14.5 Å². The summed E-state index contributed by atoms with van der Waals surface area (Å²) >= 11 is 0. The molecular weight excluding hydrogens is 332 g/mol. The van der Waals surface area contributed by atoms with E-state index in [2.05, 4.69) is 5.32 Å². The summed E-state index contributed by atoms with van der Waals surface area (Å²) in [6, 6.07) is 16.0. The molecule has 1 N–H and O–H groups in total. The molecule has 2 aromatic carbocycles. The third-order valence-corrected chi connectivity index (χ3v) is 4.45. The number of carbonyl (C=O) groups is 2. The first kappa shape index (κ1) is 17.9. The van der Waals surface area contributed by atoms with Gasteiger partial charge in [-0.25, -0.2) is 0 Å². The van der Waals surface area contributed by atoms with Crippen LogP contribution in [-0.2, 0) is 9.53 Å². The van der Waals surface area contributed by atoms with Crippen molar-refractivity contribution >= 4 is 11.9 Å². The number of ether oxygens (including phenoxy) is 2. The van der Waals surface area contributed by atoms with Crippen LogP contribution in [-0.4, -0.2) is 49.6 Å². The molecule has 0 radical (unpaired) electrons. The summed E-state index contributed by atoms with van der Waals surface area (Å²) in [6.45, 7) is 0.612. The van der Waals surface area contributed by atoms with Gasteiger partial charge in [0, 0.05) is 18.2 Å². The van der Waals surface area contributed by atoms with Crippen LogP contribution >= 0.6 is 0 Å². The SMILES string of the molecule is COC(=O)[C@@H]1C[C@H](NC(=O)c2ccc(Oc3ccccc3)cc2)CN1C. The summed E-state index contributed by atoms with van der Waals surface area (Å²) in [6.07, 6.45) is 0.546. The van der Waals surface area contributed by atoms with Crippen molar-refractivity contribution in [3.8, 4) is 11.5 Å². The van der Waals surface area contributed by atoms with Crippen LogP contribution in [0.5, 0.6) is 11.5 Å². The number of methoxy groups -OCH3 is 1. The van der Waals surface area contributed by atoms with Crippen molar-refractivity contribution in [2.75, 3.05) is 20.7 Å². The van der Waals surface area contributed by atoms with Gasteiger partial charge >= 0.3 is 5.97 Å². The molecule has 2 aromatic rings. The minimum Gasteiger partial charge on any atom is -0.468 e. The Hall–Kier alpha value is -2.86. The van der Waals surface area contributed by atoms with Crippen molar-refractivity contribution in [1.82, 2.24) is 10.2 Å². The molecule has 1 amide bonds. The molecule has 3 rings (SSSR count). The van der Waals surface area contributed by atoms with Crippen molar-refractivity contribution in [3.05, 3.63) is 60.2 Å². The van der Waals surface area contributed by atoms with Gasteiger partial charge in [-0.05, 0) is 49.9 Å². The fourth-order valence-electron chi connectivity index (χ4n) is 3.08. The predicted octanol–water partition coefficient (Wildman–Crippen LogP) is 2.45. The Bertz CT molecular complexity index is 761. The second-order valence-corrected chi connectivity index (χ2v) is 6.32. The number of likely N-dealkylation sites (N-methyl/N-ethyl adjacent to an activating group) is 1. The lowest BCUT2D eigenvalue weighted by atomic mass is 10.1. The van der Waals surface area contributed by atoms with E-state index < -0.39 is 0 Å². The number of benzene rings is 2. The molecule has 6 nitrogen and oxygen atoms in total. The second-order valence-electron chi connectivity index (χ2n) is 6.32. The lowest BCUT2D eigenvalue weighted by molar-refractivity contribution is -0.145. The van der Waals surface area contributed by atoms with E-state index in [1.807, 2.05) is 42.3 Å². The van der Waals surface area contributed by atoms with E-state index in [9.17, 15) is 9.59 Å². The lowest BCUT2D eigenvalue weighted by Crippen LogP contribution is -2.36. The third kappa shape index (κ3) is 4.21. The maximum atomic E-state index is 12.4. The Balaban J connectivity index is 1.58. The van der Waals surface area contributed by atoms with Gasteiger partial charge in [0.05, 0.1) is 7.11 Å². The van der Waals surface area contributed by atoms with Crippen LogP contribution in [0.3, 0.4) is 0 Å². The maximum absolute atomic E-state index is 12.4. The molecule has 0 unspecified atom stereocenters. The average Bonchev–Trinajstić information content (AvgIpc) is 3.02. The van der Waals surface area contributed by atoms with Crippen LogP contribution < -0.4 is 10.1 Å². The molecule has 2 atom stereocenters. The van der Waals surface area contributed by atoms with Gasteiger partial charge < -0.3 is 14.8 Å². The van der Waals surface area contributed by atoms with Gasteiger partial charge in [0.2, 0.25) is 0 Å². The van der Waals surface area contributed by atoms with Crippen molar-refractivity contribution in [2.24, 2.45) is 0 Å². The Morgan fingerprint density at radius 2 is 1.69 bits per heavy atom. The Labute approximate surface area is 152 Å². The zero-order valence-corrected chi connectivity index (χ0v) is 14.8. The van der Waals surface area contributed by atoms with E-state index in [-0.39, 0.29) is 24.0 Å². The van der Waals surface area contributed by atoms with Gasteiger partial charge in [-0.1, -0.05) is 18.2 Å². The highest BCUT2D eigenvalue weighted by Gasteiger charge is 2.35. The minimum atomic E-state index is -0.313. The number of hydrogen-bond acceptors (Lipinski definition) is 5. The van der Waals surface area contributed by atoms with Gasteiger partial charge in [0.25, 0.3) is 5.91 Å². The van der Waals surface area contributed by atoms with E-state index in [0.29, 0.717) is 24.3 Å². The molecule has 1 saturated heterocycles. The van der Waals surface area contributed by atoms with Crippen molar-refractivity contribution in [2.45, 2.75) is 18.5 Å². The first-order valence-electron chi connectivity index (χ1n) is 8.48. The van der Waals surface area contributed by atoms with Crippen LogP contribution in [0.2, 0.25) is 0 Å². The summed E-state index contributed by atoms with van der Waals surface area (Å²) in [4.78, 5) is 26.1. The summed E-state index contributed by atoms with van der Waals surface area (Å²) in [5, 5.41) is 2.97. The predicted molar refractivity (Wildman–Crippen MR) is 97.3 cm³/mol. The zero-order valence-electron chi connectivity index (χ0n) is 14.8. The first-order valence-corrected chi connectivity index (χ1v) is 8.48. The Kier molecular flexibility index (Phi) is 5.53. The van der Waals surface area contributed by atoms with Crippen LogP contribution in [0, 0.1) is 0 Å². The largest absolute Gasteiger partial charge is 0.468 e. The fourth-order valence-corrected chi connectivity index (χ4v) is 3.08. The van der Waals surface area contributed by atoms with Crippen LogP contribution in [0.15, 0.2) is 54.6 Å². The van der Waals surface area contributed by atoms with Crippen LogP contribution in [0.4, 0.5) is 0 Å². The van der Waals surface area contributed by atoms with E-state index in [1.165, 1.54) is 7.11 Å². The Morgan fingerprint density at radius 1 is 1.04 bits per heavy atom. The molecular formula is C20H22N2O4. The molecule has 6 heteroatoms. The summed E-state index contributed by atoms with van der Waals surface area (Å²) in [5.74, 6) is 0.971. The Morgan fingerprint density at radius 3 is 2.35 bits per heavy atom. The average molecular weight is 354 g/mol. The number of nitrogens with one attached hydrogen (secondary N) is 1. The quantitative estimate of drug-likeness (QED) is 0.836. The number of rotatable bonds is 5. The number of esters is 1. The summed E-state index contributed by atoms with van der Waals surface area (Å²) < 4.78 is 10.5. The molecule has 26 heavy (non-hydrogen) atoms. The van der Waals surface area contributed by atoms with Gasteiger partial charge in [-0.2, -0.15) is 0 Å². The number of carbonyl (C=O) groups excluding carboxylic acids is 2. The third-order valence-electron chi connectivity index (χ3n) is 4.45. The highest BCUT2D eigenvalue weighted by atomic mass is 16.5. The van der Waals surface area contributed by atoms with E-state index >= 15 is 0 Å². The molecule has 1 aliphatic heterocycles. The molecule has 0 saturated carbocycles. The number of para-hydroxylation sites is 1. The maximum Gasteiger partial charge on any atom is 0.323 e. The van der Waals surface area contributed by atoms with E-state index in [1.54, 1.807) is 24.3 Å². The van der Waals surface area contributed by atoms with Crippen molar-refractivity contribution < 1.29 is 19.1 Å². The number of amides is 1. The fraction of sp³-hybridized carbons (Fsp3) is 0.300. The molecule has 1 aliphatic rings.